The van der Waals surface area contributed by atoms with Crippen LogP contribution in [0, 0.1) is 5.82 Å². The lowest BCUT2D eigenvalue weighted by molar-refractivity contribution is -0.126. The number of primary amides is 1. The lowest BCUT2D eigenvalue weighted by Gasteiger charge is -2.35. The normalized spacial score (nSPS) is 17.2. The molecule has 1 aromatic carbocycles. The SMILES string of the molecule is CC(=O)N(C[C@@H]1CN(Cc2cccc(F)c2)CCO1)Sc1nc(CC(N)=O)cs1. The summed E-state index contributed by atoms with van der Waals surface area (Å²) in [6.07, 6.45) is -0.0727. The maximum Gasteiger partial charge on any atom is 0.229 e. The summed E-state index contributed by atoms with van der Waals surface area (Å²) in [5, 5.41) is 1.77. The molecule has 2 N–H and O–H groups in total. The van der Waals surface area contributed by atoms with E-state index in [0.717, 1.165) is 12.1 Å². The van der Waals surface area contributed by atoms with Gasteiger partial charge in [-0.3, -0.25) is 18.8 Å². The molecule has 2 amide bonds. The fraction of sp³-hybridized carbons (Fsp3) is 0.421. The number of thiazole rings is 1. The minimum atomic E-state index is -0.440. The second-order valence-electron chi connectivity index (χ2n) is 6.78. The van der Waals surface area contributed by atoms with Gasteiger partial charge < -0.3 is 10.5 Å². The molecule has 2 heterocycles. The molecule has 29 heavy (non-hydrogen) atoms. The number of benzene rings is 1. The Morgan fingerprint density at radius 3 is 3.03 bits per heavy atom. The minimum Gasteiger partial charge on any atom is -0.374 e. The Labute approximate surface area is 177 Å². The van der Waals surface area contributed by atoms with Gasteiger partial charge in [-0.15, -0.1) is 11.3 Å². The Morgan fingerprint density at radius 1 is 1.48 bits per heavy atom. The van der Waals surface area contributed by atoms with Crippen molar-refractivity contribution in [3.63, 3.8) is 0 Å². The third-order valence-corrected chi connectivity index (χ3v) is 6.38. The number of hydrogen-bond acceptors (Lipinski definition) is 7. The Morgan fingerprint density at radius 2 is 2.31 bits per heavy atom. The van der Waals surface area contributed by atoms with Crippen LogP contribution >= 0.6 is 23.3 Å². The number of morpholine rings is 1. The van der Waals surface area contributed by atoms with Crippen molar-refractivity contribution in [1.29, 1.82) is 0 Å². The maximum atomic E-state index is 13.4. The quantitative estimate of drug-likeness (QED) is 0.635. The number of rotatable bonds is 8. The molecule has 2 aromatic rings. The van der Waals surface area contributed by atoms with Gasteiger partial charge in [0.2, 0.25) is 11.8 Å². The van der Waals surface area contributed by atoms with Crippen LogP contribution in [0.25, 0.3) is 0 Å². The van der Waals surface area contributed by atoms with Gasteiger partial charge in [0.15, 0.2) is 4.34 Å². The van der Waals surface area contributed by atoms with Gasteiger partial charge in [-0.05, 0) is 17.7 Å². The van der Waals surface area contributed by atoms with E-state index >= 15 is 0 Å². The topological polar surface area (TPSA) is 88.8 Å². The average Bonchev–Trinajstić information content (AvgIpc) is 3.07. The van der Waals surface area contributed by atoms with Gasteiger partial charge in [-0.25, -0.2) is 9.37 Å². The number of nitrogens with two attached hydrogens (primary N) is 1. The molecule has 1 aliphatic rings. The van der Waals surface area contributed by atoms with Gasteiger partial charge in [0, 0.05) is 43.9 Å². The van der Waals surface area contributed by atoms with E-state index in [2.05, 4.69) is 9.88 Å². The fourth-order valence-corrected chi connectivity index (χ4v) is 4.87. The van der Waals surface area contributed by atoms with Gasteiger partial charge in [0.25, 0.3) is 0 Å². The monoisotopic (exact) mass is 438 g/mol. The van der Waals surface area contributed by atoms with Crippen molar-refractivity contribution in [3.8, 4) is 0 Å². The number of halogens is 1. The Kier molecular flexibility index (Phi) is 7.59. The first-order valence-electron chi connectivity index (χ1n) is 9.16. The lowest BCUT2D eigenvalue weighted by atomic mass is 10.2. The van der Waals surface area contributed by atoms with Gasteiger partial charge in [-0.1, -0.05) is 12.1 Å². The van der Waals surface area contributed by atoms with E-state index < -0.39 is 5.91 Å². The smallest absolute Gasteiger partial charge is 0.229 e. The number of amides is 2. The number of nitrogens with zero attached hydrogens (tertiary/aromatic N) is 3. The van der Waals surface area contributed by atoms with Crippen LogP contribution in [0.4, 0.5) is 4.39 Å². The molecule has 7 nitrogen and oxygen atoms in total. The van der Waals surface area contributed by atoms with E-state index in [1.54, 1.807) is 15.8 Å². The molecule has 156 valence electrons. The van der Waals surface area contributed by atoms with Gasteiger partial charge in [-0.2, -0.15) is 0 Å². The highest BCUT2D eigenvalue weighted by atomic mass is 32.2. The molecule has 3 rings (SSSR count). The summed E-state index contributed by atoms with van der Waals surface area (Å²) >= 11 is 2.60. The van der Waals surface area contributed by atoms with Crippen molar-refractivity contribution in [1.82, 2.24) is 14.2 Å². The molecule has 10 heteroatoms. The highest BCUT2D eigenvalue weighted by Crippen LogP contribution is 2.27. The van der Waals surface area contributed by atoms with E-state index in [4.69, 9.17) is 10.5 Å². The predicted octanol–water partition coefficient (Wildman–Crippen LogP) is 2.07. The highest BCUT2D eigenvalue weighted by molar-refractivity contribution is 7.99. The number of ether oxygens (including phenoxy) is 1. The Hall–Kier alpha value is -2.01. The van der Waals surface area contributed by atoms with Gasteiger partial charge >= 0.3 is 0 Å². The van der Waals surface area contributed by atoms with Crippen LogP contribution in [0.1, 0.15) is 18.2 Å². The van der Waals surface area contributed by atoms with Crippen LogP contribution in [0.2, 0.25) is 0 Å². The maximum absolute atomic E-state index is 13.4. The first-order chi connectivity index (χ1) is 13.9. The number of hydrogen-bond donors (Lipinski definition) is 1. The first-order valence-corrected chi connectivity index (χ1v) is 10.8. The molecular formula is C19H23FN4O3S2. The van der Waals surface area contributed by atoms with Crippen LogP contribution in [0.5, 0.6) is 0 Å². The largest absolute Gasteiger partial charge is 0.374 e. The van der Waals surface area contributed by atoms with Crippen molar-refractivity contribution >= 4 is 35.1 Å². The van der Waals surface area contributed by atoms with E-state index in [1.807, 2.05) is 6.07 Å². The summed E-state index contributed by atoms with van der Waals surface area (Å²) in [5.74, 6) is -0.789. The molecular weight excluding hydrogens is 415 g/mol. The molecule has 0 radical (unpaired) electrons. The zero-order valence-electron chi connectivity index (χ0n) is 16.0. The van der Waals surface area contributed by atoms with Crippen LogP contribution < -0.4 is 5.73 Å². The van der Waals surface area contributed by atoms with E-state index in [1.165, 1.54) is 42.3 Å². The van der Waals surface area contributed by atoms with Crippen LogP contribution in [-0.2, 0) is 27.3 Å². The zero-order valence-corrected chi connectivity index (χ0v) is 17.7. The third kappa shape index (κ3) is 6.77. The standard InChI is InChI=1S/C19H23FN4O3S2/c1-13(25)24(29-19-22-16(12-28-19)8-18(21)26)11-17-10-23(5-6-27-17)9-14-3-2-4-15(20)7-14/h2-4,7,12,17H,5-6,8-11H2,1H3,(H2,21,26)/t17-/m0/s1. The molecule has 1 fully saturated rings. The highest BCUT2D eigenvalue weighted by Gasteiger charge is 2.25. The number of carbonyl (C=O) groups excluding carboxylic acids is 2. The van der Waals surface area contributed by atoms with E-state index in [0.29, 0.717) is 36.3 Å². The van der Waals surface area contributed by atoms with Crippen LogP contribution in [0.15, 0.2) is 34.0 Å². The molecule has 1 saturated heterocycles. The van der Waals surface area contributed by atoms with Crippen LogP contribution in [-0.4, -0.2) is 58.3 Å². The molecule has 0 spiro atoms. The molecule has 1 atom stereocenters. The van der Waals surface area contributed by atoms with Gasteiger partial charge in [0.05, 0.1) is 31.4 Å². The van der Waals surface area contributed by atoms with Crippen molar-refractivity contribution < 1.29 is 18.7 Å². The van der Waals surface area contributed by atoms with E-state index in [-0.39, 0.29) is 24.2 Å². The van der Waals surface area contributed by atoms with Crippen molar-refractivity contribution in [3.05, 3.63) is 46.7 Å². The second kappa shape index (κ2) is 10.1. The summed E-state index contributed by atoms with van der Waals surface area (Å²) in [6.45, 7) is 4.49. The number of carbonyl (C=O) groups is 2. The van der Waals surface area contributed by atoms with Crippen molar-refractivity contribution in [2.45, 2.75) is 30.3 Å². The summed E-state index contributed by atoms with van der Waals surface area (Å²) in [6, 6.07) is 6.57. The molecule has 1 aliphatic heterocycles. The molecule has 1 aromatic heterocycles. The summed E-state index contributed by atoms with van der Waals surface area (Å²) < 4.78 is 21.5. The van der Waals surface area contributed by atoms with Gasteiger partial charge in [0.1, 0.15) is 5.82 Å². The summed E-state index contributed by atoms with van der Waals surface area (Å²) in [4.78, 5) is 29.7. The number of aromatic nitrogens is 1. The minimum absolute atomic E-state index is 0.0813. The lowest BCUT2D eigenvalue weighted by Crippen LogP contribution is -2.46. The first kappa shape index (κ1) is 21.7. The summed E-state index contributed by atoms with van der Waals surface area (Å²) in [5.41, 5.74) is 6.71. The van der Waals surface area contributed by atoms with E-state index in [9.17, 15) is 14.0 Å². The average molecular weight is 439 g/mol. The van der Waals surface area contributed by atoms with Crippen LogP contribution in [0.3, 0.4) is 0 Å². The second-order valence-corrected chi connectivity index (χ2v) is 8.90. The molecule has 0 saturated carbocycles. The van der Waals surface area contributed by atoms with Crippen molar-refractivity contribution in [2.75, 3.05) is 26.2 Å². The Balaban J connectivity index is 1.57. The molecule has 0 bridgehead atoms. The van der Waals surface area contributed by atoms with Crippen molar-refractivity contribution in [2.24, 2.45) is 5.73 Å². The molecule has 0 unspecified atom stereocenters. The fourth-order valence-electron chi connectivity index (χ4n) is 3.03. The predicted molar refractivity (Wildman–Crippen MR) is 110 cm³/mol. The third-order valence-electron chi connectivity index (χ3n) is 4.31. The Bertz CT molecular complexity index is 863. The zero-order chi connectivity index (χ0) is 20.8. The molecule has 0 aliphatic carbocycles. The summed E-state index contributed by atoms with van der Waals surface area (Å²) in [7, 11) is 0.